The Balaban J connectivity index is 2.24. The molecule has 0 radical (unpaired) electrons. The highest BCUT2D eigenvalue weighted by Gasteiger charge is 2.18. The molecule has 0 bridgehead atoms. The van der Waals surface area contributed by atoms with Gasteiger partial charge in [-0.2, -0.15) is 0 Å². The Kier molecular flexibility index (Phi) is 4.75. The van der Waals surface area contributed by atoms with Crippen molar-refractivity contribution in [3.8, 4) is 0 Å². The molecular weight excluding hydrogens is 236 g/mol. The third kappa shape index (κ3) is 3.66. The minimum Gasteiger partial charge on any atom is -0.369 e. The van der Waals surface area contributed by atoms with Crippen LogP contribution in [0.1, 0.15) is 58.0 Å². The number of aromatic nitrogens is 2. The van der Waals surface area contributed by atoms with Crippen molar-refractivity contribution in [1.82, 2.24) is 15.3 Å². The highest BCUT2D eigenvalue weighted by molar-refractivity contribution is 5.50. The number of hydrogen-bond donors (Lipinski definition) is 1. The number of nitrogens with one attached hydrogen (secondary N) is 1. The molecule has 1 aromatic rings. The lowest BCUT2D eigenvalue weighted by atomic mass is 10.2. The molecule has 1 N–H and O–H groups in total. The van der Waals surface area contributed by atoms with E-state index in [2.05, 4.69) is 42.9 Å². The van der Waals surface area contributed by atoms with E-state index in [1.807, 2.05) is 6.20 Å². The van der Waals surface area contributed by atoms with Crippen molar-refractivity contribution in [2.24, 2.45) is 0 Å². The van der Waals surface area contributed by atoms with Gasteiger partial charge in [0.2, 0.25) is 0 Å². The Morgan fingerprint density at radius 3 is 2.47 bits per heavy atom. The molecule has 0 unspecified atom stereocenters. The summed E-state index contributed by atoms with van der Waals surface area (Å²) in [5.41, 5.74) is 2.37. The highest BCUT2D eigenvalue weighted by Crippen LogP contribution is 2.24. The molecule has 0 saturated carbocycles. The maximum Gasteiger partial charge on any atom is 0.131 e. The summed E-state index contributed by atoms with van der Waals surface area (Å²) in [7, 11) is 0. The van der Waals surface area contributed by atoms with E-state index in [1.165, 1.54) is 18.5 Å². The van der Waals surface area contributed by atoms with Gasteiger partial charge < -0.3 is 10.2 Å². The second-order valence-corrected chi connectivity index (χ2v) is 5.94. The Hall–Kier alpha value is -1.16. The van der Waals surface area contributed by atoms with E-state index in [9.17, 15) is 0 Å². The summed E-state index contributed by atoms with van der Waals surface area (Å²) in [6.07, 6.45) is 4.58. The fourth-order valence-electron chi connectivity index (χ4n) is 2.36. The van der Waals surface area contributed by atoms with Gasteiger partial charge in [-0.15, -0.1) is 0 Å². The maximum absolute atomic E-state index is 4.77. The molecule has 1 aliphatic heterocycles. The summed E-state index contributed by atoms with van der Waals surface area (Å²) in [6.45, 7) is 11.7. The van der Waals surface area contributed by atoms with Crippen LogP contribution in [0.4, 0.5) is 5.69 Å². The maximum atomic E-state index is 4.77. The number of anilines is 1. The van der Waals surface area contributed by atoms with Gasteiger partial charge in [-0.1, -0.05) is 27.7 Å². The molecule has 2 heterocycles. The van der Waals surface area contributed by atoms with Gasteiger partial charge in [0, 0.05) is 31.6 Å². The summed E-state index contributed by atoms with van der Waals surface area (Å²) >= 11 is 0. The van der Waals surface area contributed by atoms with Crippen molar-refractivity contribution in [3.05, 3.63) is 17.7 Å². The average molecular weight is 262 g/mol. The number of rotatable bonds is 5. The SMILES string of the molecule is CC(C)NCc1nc(C(C)C)ncc1N1CCCC1. The van der Waals surface area contributed by atoms with Crippen LogP contribution in [-0.2, 0) is 6.54 Å². The Morgan fingerprint density at radius 1 is 1.21 bits per heavy atom. The van der Waals surface area contributed by atoms with Gasteiger partial charge in [-0.05, 0) is 12.8 Å². The van der Waals surface area contributed by atoms with Crippen molar-refractivity contribution in [2.45, 2.75) is 59.0 Å². The lowest BCUT2D eigenvalue weighted by Crippen LogP contribution is -2.26. The van der Waals surface area contributed by atoms with E-state index in [4.69, 9.17) is 4.98 Å². The monoisotopic (exact) mass is 262 g/mol. The predicted molar refractivity (Wildman–Crippen MR) is 79.5 cm³/mol. The van der Waals surface area contributed by atoms with Gasteiger partial charge in [-0.25, -0.2) is 9.97 Å². The molecule has 0 spiro atoms. The minimum absolute atomic E-state index is 0.380. The third-order valence-corrected chi connectivity index (χ3v) is 3.51. The van der Waals surface area contributed by atoms with E-state index in [-0.39, 0.29) is 0 Å². The van der Waals surface area contributed by atoms with Gasteiger partial charge in [0.1, 0.15) is 5.82 Å². The first-order valence-corrected chi connectivity index (χ1v) is 7.42. The van der Waals surface area contributed by atoms with Crippen LogP contribution in [0.5, 0.6) is 0 Å². The number of hydrogen-bond acceptors (Lipinski definition) is 4. The zero-order chi connectivity index (χ0) is 13.8. The van der Waals surface area contributed by atoms with Crippen LogP contribution in [0.15, 0.2) is 6.20 Å². The molecule has 0 amide bonds. The van der Waals surface area contributed by atoms with Gasteiger partial charge >= 0.3 is 0 Å². The molecule has 4 nitrogen and oxygen atoms in total. The summed E-state index contributed by atoms with van der Waals surface area (Å²) in [4.78, 5) is 11.7. The van der Waals surface area contributed by atoms with E-state index in [1.54, 1.807) is 0 Å². The first-order valence-electron chi connectivity index (χ1n) is 7.42. The topological polar surface area (TPSA) is 41.1 Å². The average Bonchev–Trinajstić information content (AvgIpc) is 2.89. The first-order chi connectivity index (χ1) is 9.08. The van der Waals surface area contributed by atoms with Crippen LogP contribution < -0.4 is 10.2 Å². The standard InChI is InChI=1S/C15H26N4/c1-11(2)15-17-10-14(19-7-5-6-8-19)13(18-15)9-16-12(3)4/h10-12,16H,5-9H2,1-4H3. The molecule has 0 atom stereocenters. The normalized spacial score (nSPS) is 15.8. The van der Waals surface area contributed by atoms with Gasteiger partial charge in [0.05, 0.1) is 17.6 Å². The molecule has 0 aliphatic carbocycles. The Morgan fingerprint density at radius 2 is 1.89 bits per heavy atom. The Bertz CT molecular complexity index is 409. The van der Waals surface area contributed by atoms with Crippen LogP contribution in [0, 0.1) is 0 Å². The van der Waals surface area contributed by atoms with Crippen molar-refractivity contribution in [1.29, 1.82) is 0 Å². The molecule has 1 saturated heterocycles. The largest absolute Gasteiger partial charge is 0.369 e. The minimum atomic E-state index is 0.380. The van der Waals surface area contributed by atoms with E-state index < -0.39 is 0 Å². The zero-order valence-corrected chi connectivity index (χ0v) is 12.6. The lowest BCUT2D eigenvalue weighted by molar-refractivity contribution is 0.576. The van der Waals surface area contributed by atoms with E-state index in [0.717, 1.165) is 31.2 Å². The van der Waals surface area contributed by atoms with Crippen molar-refractivity contribution in [3.63, 3.8) is 0 Å². The van der Waals surface area contributed by atoms with E-state index in [0.29, 0.717) is 12.0 Å². The zero-order valence-electron chi connectivity index (χ0n) is 12.6. The summed E-state index contributed by atoms with van der Waals surface area (Å²) < 4.78 is 0. The predicted octanol–water partition coefficient (Wildman–Crippen LogP) is 2.70. The molecule has 106 valence electrons. The van der Waals surface area contributed by atoms with Crippen molar-refractivity contribution < 1.29 is 0 Å². The summed E-state index contributed by atoms with van der Waals surface area (Å²) in [6, 6.07) is 0.476. The van der Waals surface area contributed by atoms with Crippen molar-refractivity contribution >= 4 is 5.69 Å². The van der Waals surface area contributed by atoms with Crippen LogP contribution in [0.3, 0.4) is 0 Å². The van der Waals surface area contributed by atoms with Crippen molar-refractivity contribution in [2.75, 3.05) is 18.0 Å². The molecule has 4 heteroatoms. The second kappa shape index (κ2) is 6.33. The molecule has 0 aromatic carbocycles. The fraction of sp³-hybridized carbons (Fsp3) is 0.733. The smallest absolute Gasteiger partial charge is 0.131 e. The fourth-order valence-corrected chi connectivity index (χ4v) is 2.36. The van der Waals surface area contributed by atoms with Gasteiger partial charge in [-0.3, -0.25) is 0 Å². The second-order valence-electron chi connectivity index (χ2n) is 5.94. The van der Waals surface area contributed by atoms with Gasteiger partial charge in [0.25, 0.3) is 0 Å². The molecule has 2 rings (SSSR count). The molecular formula is C15H26N4. The lowest BCUT2D eigenvalue weighted by Gasteiger charge is -2.22. The van der Waals surface area contributed by atoms with Crippen LogP contribution in [0.25, 0.3) is 0 Å². The molecule has 1 aliphatic rings. The van der Waals surface area contributed by atoms with Crippen LogP contribution >= 0.6 is 0 Å². The molecule has 1 aromatic heterocycles. The molecule has 1 fully saturated rings. The molecule has 19 heavy (non-hydrogen) atoms. The summed E-state index contributed by atoms with van der Waals surface area (Å²) in [5.74, 6) is 1.33. The van der Waals surface area contributed by atoms with Crippen LogP contribution in [0.2, 0.25) is 0 Å². The number of nitrogens with zero attached hydrogens (tertiary/aromatic N) is 3. The van der Waals surface area contributed by atoms with Crippen LogP contribution in [-0.4, -0.2) is 29.1 Å². The highest BCUT2D eigenvalue weighted by atomic mass is 15.2. The Labute approximate surface area is 116 Å². The van der Waals surface area contributed by atoms with E-state index >= 15 is 0 Å². The quantitative estimate of drug-likeness (QED) is 0.886. The third-order valence-electron chi connectivity index (χ3n) is 3.51. The first kappa shape index (κ1) is 14.3. The summed E-state index contributed by atoms with van der Waals surface area (Å²) in [5, 5.41) is 3.47. The van der Waals surface area contributed by atoms with Gasteiger partial charge in [0.15, 0.2) is 0 Å².